The lowest BCUT2D eigenvalue weighted by Crippen LogP contribution is -2.47. The topological polar surface area (TPSA) is 132 Å². The lowest BCUT2D eigenvalue weighted by Gasteiger charge is -2.33. The predicted molar refractivity (Wildman–Crippen MR) is 135 cm³/mol. The lowest BCUT2D eigenvalue weighted by atomic mass is 9.98. The first-order valence-electron chi connectivity index (χ1n) is 12.7. The molecule has 38 heavy (non-hydrogen) atoms. The molecule has 206 valence electrons. The maximum Gasteiger partial charge on any atom is 0.410 e. The third-order valence-corrected chi connectivity index (χ3v) is 8.42. The monoisotopic (exact) mass is 549 g/mol. The number of hydrogen-bond acceptors (Lipinski definition) is 7. The highest BCUT2D eigenvalue weighted by Gasteiger charge is 2.35. The van der Waals surface area contributed by atoms with E-state index in [1.54, 1.807) is 27.8 Å². The van der Waals surface area contributed by atoms with Gasteiger partial charge in [-0.1, -0.05) is 0 Å². The molecule has 0 saturated carbocycles. The minimum Gasteiger partial charge on any atom is -0.475 e. The molecule has 0 fully saturated rings. The van der Waals surface area contributed by atoms with Crippen molar-refractivity contribution >= 4 is 27.8 Å². The van der Waals surface area contributed by atoms with Crippen molar-refractivity contribution < 1.29 is 31.9 Å². The summed E-state index contributed by atoms with van der Waals surface area (Å²) in [5.74, 6) is -0.203. The first-order valence-corrected chi connectivity index (χ1v) is 14.2. The molecule has 1 aromatic carbocycles. The van der Waals surface area contributed by atoms with Crippen molar-refractivity contribution in [2.45, 2.75) is 82.4 Å². The summed E-state index contributed by atoms with van der Waals surface area (Å²) in [4.78, 5) is 26.4. The van der Waals surface area contributed by atoms with E-state index in [4.69, 9.17) is 9.47 Å². The second kappa shape index (κ2) is 9.44. The van der Waals surface area contributed by atoms with Gasteiger partial charge < -0.3 is 19.7 Å². The number of fused-ring (bicyclic) bond motifs is 3. The molecule has 2 aromatic rings. The molecule has 3 amide bonds. The number of sulfonamides is 1. The summed E-state index contributed by atoms with van der Waals surface area (Å²) < 4.78 is 55.6. The van der Waals surface area contributed by atoms with Gasteiger partial charge in [0.15, 0.2) is 4.90 Å². The number of carbonyl (C=O) groups is 2. The summed E-state index contributed by atoms with van der Waals surface area (Å²) in [6.45, 7) is 5.49. The molecule has 1 aromatic heterocycles. The Morgan fingerprint density at radius 2 is 1.74 bits per heavy atom. The van der Waals surface area contributed by atoms with E-state index < -0.39 is 33.8 Å². The summed E-state index contributed by atoms with van der Waals surface area (Å²) in [5.41, 5.74) is 2.60. The summed E-state index contributed by atoms with van der Waals surface area (Å²) in [6, 6.07) is -1.37. The molecule has 2 aliphatic carbocycles. The van der Waals surface area contributed by atoms with E-state index in [0.29, 0.717) is 42.5 Å². The zero-order valence-electron chi connectivity index (χ0n) is 21.9. The number of benzene rings is 1. The number of amides is 3. The van der Waals surface area contributed by atoms with Crippen LogP contribution in [0.5, 0.6) is 5.88 Å². The van der Waals surface area contributed by atoms with Gasteiger partial charge in [-0.25, -0.2) is 31.8 Å². The van der Waals surface area contributed by atoms with Crippen molar-refractivity contribution in [1.29, 1.82) is 0 Å². The smallest absolute Gasteiger partial charge is 0.410 e. The zero-order valence-corrected chi connectivity index (χ0v) is 22.7. The molecule has 13 heteroatoms. The summed E-state index contributed by atoms with van der Waals surface area (Å²) in [6.07, 6.45) is 4.61. The highest BCUT2D eigenvalue weighted by molar-refractivity contribution is 7.90. The average Bonchev–Trinajstić information content (AvgIpc) is 3.58. The van der Waals surface area contributed by atoms with Crippen LogP contribution in [0.25, 0.3) is 0 Å². The molecule has 0 spiro atoms. The van der Waals surface area contributed by atoms with Gasteiger partial charge in [-0.05, 0) is 81.5 Å². The fourth-order valence-electron chi connectivity index (χ4n) is 5.32. The standard InChI is InChI=1S/C25H32FN5O6S/c1-25(2,3)37-24(33)30(4)14-12-31-22(36-13-14)19(11-27-31)38(34,35)29-23(32)28-21-17-9-5-7-15(17)20(26)16-8-6-10-18(16)21/h11,14H,5-10,12-13H2,1-4H3,(H2,28,29,32)/t14-/m1/s1. The summed E-state index contributed by atoms with van der Waals surface area (Å²) >= 11 is 0. The van der Waals surface area contributed by atoms with Crippen molar-refractivity contribution in [3.8, 4) is 5.88 Å². The van der Waals surface area contributed by atoms with Crippen molar-refractivity contribution in [3.05, 3.63) is 34.3 Å². The van der Waals surface area contributed by atoms with Crippen LogP contribution < -0.4 is 14.8 Å². The van der Waals surface area contributed by atoms with Gasteiger partial charge in [-0.3, -0.25) is 0 Å². The van der Waals surface area contributed by atoms with Crippen LogP contribution in [-0.2, 0) is 47.0 Å². The molecule has 3 aliphatic rings. The number of halogens is 1. The fraction of sp³-hybridized carbons (Fsp3) is 0.560. The van der Waals surface area contributed by atoms with Gasteiger partial charge in [0.25, 0.3) is 10.0 Å². The minimum absolute atomic E-state index is 0.0179. The molecule has 1 aliphatic heterocycles. The first-order chi connectivity index (χ1) is 17.9. The molecule has 0 saturated heterocycles. The zero-order chi connectivity index (χ0) is 27.4. The molecule has 0 bridgehead atoms. The Bertz CT molecular complexity index is 1380. The quantitative estimate of drug-likeness (QED) is 0.599. The van der Waals surface area contributed by atoms with E-state index in [9.17, 15) is 22.4 Å². The van der Waals surface area contributed by atoms with E-state index >= 15 is 0 Å². The number of rotatable bonds is 4. The van der Waals surface area contributed by atoms with E-state index in [1.165, 1.54) is 9.58 Å². The van der Waals surface area contributed by atoms with Crippen LogP contribution in [-0.4, -0.2) is 60.5 Å². The van der Waals surface area contributed by atoms with E-state index in [0.717, 1.165) is 30.2 Å². The molecule has 5 rings (SSSR count). The number of ether oxygens (including phenoxy) is 2. The summed E-state index contributed by atoms with van der Waals surface area (Å²) in [5, 5.41) is 6.80. The van der Waals surface area contributed by atoms with Crippen LogP contribution in [0.2, 0.25) is 0 Å². The van der Waals surface area contributed by atoms with Crippen LogP contribution in [0, 0.1) is 5.82 Å². The Morgan fingerprint density at radius 3 is 2.34 bits per heavy atom. The van der Waals surface area contributed by atoms with Crippen LogP contribution in [0.1, 0.15) is 55.9 Å². The van der Waals surface area contributed by atoms with Gasteiger partial charge in [-0.2, -0.15) is 5.10 Å². The number of urea groups is 1. The Balaban J connectivity index is 1.31. The predicted octanol–water partition coefficient (Wildman–Crippen LogP) is 3.14. The van der Waals surface area contributed by atoms with Gasteiger partial charge >= 0.3 is 12.1 Å². The number of carbonyl (C=O) groups excluding carboxylic acids is 2. The normalized spacial score (nSPS) is 18.2. The third-order valence-electron chi connectivity index (χ3n) is 7.11. The molecule has 0 unspecified atom stereocenters. The van der Waals surface area contributed by atoms with Crippen molar-refractivity contribution in [2.75, 3.05) is 19.0 Å². The molecule has 0 radical (unpaired) electrons. The van der Waals surface area contributed by atoms with E-state index in [2.05, 4.69) is 10.4 Å². The van der Waals surface area contributed by atoms with E-state index in [1.807, 2.05) is 4.72 Å². The number of aromatic nitrogens is 2. The minimum atomic E-state index is -4.34. The van der Waals surface area contributed by atoms with Crippen molar-refractivity contribution in [2.24, 2.45) is 0 Å². The Hall–Kier alpha value is -3.35. The second-order valence-corrected chi connectivity index (χ2v) is 12.6. The van der Waals surface area contributed by atoms with Crippen LogP contribution >= 0.6 is 0 Å². The first kappa shape index (κ1) is 26.3. The lowest BCUT2D eigenvalue weighted by molar-refractivity contribution is 0.0101. The van der Waals surface area contributed by atoms with Gasteiger partial charge in [0.05, 0.1) is 18.8 Å². The molecule has 11 nitrogen and oxygen atoms in total. The highest BCUT2D eigenvalue weighted by atomic mass is 32.2. The number of likely N-dealkylation sites (N-methyl/N-ethyl adjacent to an activating group) is 1. The van der Waals surface area contributed by atoms with Crippen molar-refractivity contribution in [3.63, 3.8) is 0 Å². The van der Waals surface area contributed by atoms with Crippen molar-refractivity contribution in [1.82, 2.24) is 19.4 Å². The van der Waals surface area contributed by atoms with Gasteiger partial charge in [0.1, 0.15) is 18.0 Å². The molecule has 1 atom stereocenters. The molecular formula is C25H32FN5O6S. The Kier molecular flexibility index (Phi) is 6.52. The van der Waals surface area contributed by atoms with Crippen LogP contribution in [0.15, 0.2) is 11.1 Å². The highest BCUT2D eigenvalue weighted by Crippen LogP contribution is 2.41. The number of nitrogens with one attached hydrogen (secondary N) is 2. The maximum atomic E-state index is 14.9. The Morgan fingerprint density at radius 1 is 1.13 bits per heavy atom. The SMILES string of the molecule is CN(C(=O)OC(C)(C)C)[C@H]1COc2c(S(=O)(=O)NC(=O)Nc3c4c(c(F)c5c3CCC5)CCC4)cnn2C1. The third kappa shape index (κ3) is 4.79. The van der Waals surface area contributed by atoms with Gasteiger partial charge in [0, 0.05) is 12.7 Å². The Labute approximate surface area is 220 Å². The van der Waals surface area contributed by atoms with Crippen LogP contribution in [0.4, 0.5) is 19.7 Å². The molecule has 2 heterocycles. The maximum absolute atomic E-state index is 14.9. The number of nitrogens with zero attached hydrogens (tertiary/aromatic N) is 3. The average molecular weight is 550 g/mol. The van der Waals surface area contributed by atoms with Gasteiger partial charge in [-0.15, -0.1) is 0 Å². The molecule has 2 N–H and O–H groups in total. The molecular weight excluding hydrogens is 517 g/mol. The fourth-order valence-corrected chi connectivity index (χ4v) is 6.30. The largest absolute Gasteiger partial charge is 0.475 e. The van der Waals surface area contributed by atoms with Gasteiger partial charge in [0.2, 0.25) is 5.88 Å². The number of anilines is 1. The number of hydrogen-bond donors (Lipinski definition) is 2. The second-order valence-electron chi connectivity index (χ2n) is 10.9. The van der Waals surface area contributed by atoms with Crippen LogP contribution in [0.3, 0.4) is 0 Å². The van der Waals surface area contributed by atoms with E-state index in [-0.39, 0.29) is 29.7 Å². The summed E-state index contributed by atoms with van der Waals surface area (Å²) in [7, 11) is -2.77.